The average molecular weight is 321 g/mol. The quantitative estimate of drug-likeness (QED) is 0.601. The molecule has 0 heterocycles. The summed E-state index contributed by atoms with van der Waals surface area (Å²) in [6.07, 6.45) is 6.81. The van der Waals surface area contributed by atoms with E-state index in [4.69, 9.17) is 9.84 Å². The summed E-state index contributed by atoms with van der Waals surface area (Å²) in [7, 11) is 0. The van der Waals surface area contributed by atoms with Gasteiger partial charge in [0.1, 0.15) is 6.61 Å². The molecule has 4 nitrogen and oxygen atoms in total. The summed E-state index contributed by atoms with van der Waals surface area (Å²) in [6.45, 7) is 4.78. The number of carbonyl (C=O) groups excluding carboxylic acids is 1. The maximum atomic E-state index is 11.6. The number of carbonyl (C=O) groups is 1. The van der Waals surface area contributed by atoms with Gasteiger partial charge in [0.25, 0.3) is 0 Å². The molecule has 0 spiro atoms. The summed E-state index contributed by atoms with van der Waals surface area (Å²) >= 11 is 0. The van der Waals surface area contributed by atoms with Crippen molar-refractivity contribution in [1.29, 1.82) is 0 Å². The molecule has 1 atom stereocenters. The van der Waals surface area contributed by atoms with Crippen molar-refractivity contribution in [3.8, 4) is 0 Å². The zero-order valence-electron chi connectivity index (χ0n) is 14.5. The molecule has 0 aromatic heterocycles. The highest BCUT2D eigenvalue weighted by Crippen LogP contribution is 2.11. The third-order valence-electron chi connectivity index (χ3n) is 3.75. The third kappa shape index (κ3) is 9.95. The molecule has 0 aliphatic carbocycles. The lowest BCUT2D eigenvalue weighted by atomic mass is 10.0. The SMILES string of the molecule is CCCCCCc1cccc(COC(=O)NCCCC(C)O)c1. The molecule has 2 N–H and O–H groups in total. The van der Waals surface area contributed by atoms with E-state index < -0.39 is 6.09 Å². The molecule has 23 heavy (non-hydrogen) atoms. The van der Waals surface area contributed by atoms with E-state index in [2.05, 4.69) is 24.4 Å². The second-order valence-electron chi connectivity index (χ2n) is 6.12. The molecule has 1 unspecified atom stereocenters. The smallest absolute Gasteiger partial charge is 0.407 e. The van der Waals surface area contributed by atoms with Crippen LogP contribution in [0.1, 0.15) is 63.5 Å². The third-order valence-corrected chi connectivity index (χ3v) is 3.75. The molecule has 1 rings (SSSR count). The van der Waals surface area contributed by atoms with E-state index in [0.717, 1.165) is 18.4 Å². The molecular formula is C19H31NO3. The number of amides is 1. The van der Waals surface area contributed by atoms with Crippen molar-refractivity contribution in [3.63, 3.8) is 0 Å². The molecule has 4 heteroatoms. The van der Waals surface area contributed by atoms with Gasteiger partial charge in [-0.1, -0.05) is 50.5 Å². The molecule has 130 valence electrons. The number of aliphatic hydroxyl groups excluding tert-OH is 1. The van der Waals surface area contributed by atoms with Crippen LogP contribution in [0, 0.1) is 0 Å². The molecule has 0 bridgehead atoms. The van der Waals surface area contributed by atoms with E-state index in [9.17, 15) is 4.79 Å². The van der Waals surface area contributed by atoms with Crippen molar-refractivity contribution in [3.05, 3.63) is 35.4 Å². The average Bonchev–Trinajstić information content (AvgIpc) is 2.54. The van der Waals surface area contributed by atoms with Crippen LogP contribution in [0.2, 0.25) is 0 Å². The lowest BCUT2D eigenvalue weighted by Gasteiger charge is -2.09. The Morgan fingerprint density at radius 1 is 1.22 bits per heavy atom. The molecule has 0 saturated heterocycles. The summed E-state index contributed by atoms with van der Waals surface area (Å²) in [5.74, 6) is 0. The summed E-state index contributed by atoms with van der Waals surface area (Å²) < 4.78 is 5.22. The first-order chi connectivity index (χ1) is 11.1. The zero-order chi connectivity index (χ0) is 16.9. The van der Waals surface area contributed by atoms with E-state index in [-0.39, 0.29) is 6.10 Å². The number of aryl methyl sites for hydroxylation is 1. The van der Waals surface area contributed by atoms with Gasteiger partial charge in [-0.25, -0.2) is 4.79 Å². The first kappa shape index (κ1) is 19.5. The van der Waals surface area contributed by atoms with Gasteiger partial charge in [0.15, 0.2) is 0 Å². The topological polar surface area (TPSA) is 58.6 Å². The zero-order valence-corrected chi connectivity index (χ0v) is 14.5. The number of hydrogen-bond acceptors (Lipinski definition) is 3. The van der Waals surface area contributed by atoms with Gasteiger partial charge in [0, 0.05) is 6.54 Å². The van der Waals surface area contributed by atoms with Crippen LogP contribution in [0.15, 0.2) is 24.3 Å². The lowest BCUT2D eigenvalue weighted by molar-refractivity contribution is 0.138. The van der Waals surface area contributed by atoms with Crippen molar-refractivity contribution in [1.82, 2.24) is 5.32 Å². The summed E-state index contributed by atoms with van der Waals surface area (Å²) in [5, 5.41) is 11.8. The van der Waals surface area contributed by atoms with Gasteiger partial charge >= 0.3 is 6.09 Å². The first-order valence-electron chi connectivity index (χ1n) is 8.78. The molecule has 0 fully saturated rings. The number of hydrogen-bond donors (Lipinski definition) is 2. The van der Waals surface area contributed by atoms with E-state index >= 15 is 0 Å². The van der Waals surface area contributed by atoms with Crippen LogP contribution in [0.25, 0.3) is 0 Å². The number of nitrogens with one attached hydrogen (secondary N) is 1. The molecule has 0 saturated carbocycles. The normalized spacial score (nSPS) is 12.0. The van der Waals surface area contributed by atoms with E-state index in [1.165, 1.54) is 31.2 Å². The number of alkyl carbamates (subject to hydrolysis) is 1. The number of aliphatic hydroxyl groups is 1. The van der Waals surface area contributed by atoms with Crippen LogP contribution in [0.5, 0.6) is 0 Å². The van der Waals surface area contributed by atoms with E-state index in [1.807, 2.05) is 12.1 Å². The maximum absolute atomic E-state index is 11.6. The highest BCUT2D eigenvalue weighted by Gasteiger charge is 2.04. The van der Waals surface area contributed by atoms with Gasteiger partial charge in [0.2, 0.25) is 0 Å². The minimum Gasteiger partial charge on any atom is -0.445 e. The molecule has 1 aromatic rings. The van der Waals surface area contributed by atoms with E-state index in [0.29, 0.717) is 19.6 Å². The Morgan fingerprint density at radius 2 is 2.00 bits per heavy atom. The Kier molecular flexibility index (Phi) is 10.1. The van der Waals surface area contributed by atoms with Crippen molar-refractivity contribution in [2.45, 2.75) is 71.5 Å². The molecule has 0 radical (unpaired) electrons. The molecule has 1 aromatic carbocycles. The van der Waals surface area contributed by atoms with Crippen LogP contribution in [-0.4, -0.2) is 23.8 Å². The fraction of sp³-hybridized carbons (Fsp3) is 0.632. The fourth-order valence-electron chi connectivity index (χ4n) is 2.42. The maximum Gasteiger partial charge on any atom is 0.407 e. The Balaban J connectivity index is 2.24. The van der Waals surface area contributed by atoms with Crippen molar-refractivity contribution in [2.24, 2.45) is 0 Å². The highest BCUT2D eigenvalue weighted by molar-refractivity contribution is 5.67. The molecule has 0 aliphatic heterocycles. The Morgan fingerprint density at radius 3 is 2.74 bits per heavy atom. The van der Waals surface area contributed by atoms with Crippen LogP contribution >= 0.6 is 0 Å². The van der Waals surface area contributed by atoms with Crippen molar-refractivity contribution in [2.75, 3.05) is 6.54 Å². The van der Waals surface area contributed by atoms with Gasteiger partial charge in [0.05, 0.1) is 6.10 Å². The van der Waals surface area contributed by atoms with Crippen LogP contribution < -0.4 is 5.32 Å². The lowest BCUT2D eigenvalue weighted by Crippen LogP contribution is -2.25. The van der Waals surface area contributed by atoms with Crippen LogP contribution in [0.4, 0.5) is 4.79 Å². The summed E-state index contributed by atoms with van der Waals surface area (Å²) in [6, 6.07) is 8.25. The van der Waals surface area contributed by atoms with Crippen molar-refractivity contribution < 1.29 is 14.6 Å². The predicted molar refractivity (Wildman–Crippen MR) is 93.4 cm³/mol. The standard InChI is InChI=1S/C19H31NO3/c1-3-4-5-6-10-17-11-7-12-18(14-17)15-23-19(22)20-13-8-9-16(2)21/h7,11-12,14,16,21H,3-6,8-10,13,15H2,1-2H3,(H,20,22). The first-order valence-corrected chi connectivity index (χ1v) is 8.78. The van der Waals surface area contributed by atoms with Crippen LogP contribution in [0.3, 0.4) is 0 Å². The van der Waals surface area contributed by atoms with Crippen molar-refractivity contribution >= 4 is 6.09 Å². The van der Waals surface area contributed by atoms with Gasteiger partial charge in [-0.15, -0.1) is 0 Å². The highest BCUT2D eigenvalue weighted by atomic mass is 16.5. The minimum absolute atomic E-state index is 0.297. The largest absolute Gasteiger partial charge is 0.445 e. The second kappa shape index (κ2) is 11.9. The Bertz CT molecular complexity index is 446. The van der Waals surface area contributed by atoms with Crippen LogP contribution in [-0.2, 0) is 17.8 Å². The number of ether oxygens (including phenoxy) is 1. The van der Waals surface area contributed by atoms with E-state index in [1.54, 1.807) is 6.92 Å². The molecule has 0 aliphatic rings. The van der Waals surface area contributed by atoms with Gasteiger partial charge in [-0.3, -0.25) is 0 Å². The Labute approximate surface area is 140 Å². The minimum atomic E-state index is -0.399. The number of rotatable bonds is 11. The number of benzene rings is 1. The number of unbranched alkanes of at least 4 members (excludes halogenated alkanes) is 3. The molecule has 1 amide bonds. The predicted octanol–water partition coefficient (Wildman–Crippen LogP) is 4.20. The van der Waals surface area contributed by atoms with Gasteiger partial charge in [-0.2, -0.15) is 0 Å². The molecular weight excluding hydrogens is 290 g/mol. The fourth-order valence-corrected chi connectivity index (χ4v) is 2.42. The van der Waals surface area contributed by atoms with Gasteiger partial charge < -0.3 is 15.2 Å². The second-order valence-corrected chi connectivity index (χ2v) is 6.12. The monoisotopic (exact) mass is 321 g/mol. The summed E-state index contributed by atoms with van der Waals surface area (Å²) in [5.41, 5.74) is 2.33. The van der Waals surface area contributed by atoms with Gasteiger partial charge in [-0.05, 0) is 43.7 Å². The Hall–Kier alpha value is -1.55. The summed E-state index contributed by atoms with van der Waals surface area (Å²) in [4.78, 5) is 11.6.